The Hall–Kier alpha value is -0.350. The van der Waals surface area contributed by atoms with E-state index in [2.05, 4.69) is 15.0 Å². The molecule has 0 unspecified atom stereocenters. The molecule has 0 aromatic carbocycles. The van der Waals surface area contributed by atoms with Crippen LogP contribution in [0.25, 0.3) is 11.0 Å². The molecule has 0 spiro atoms. The summed E-state index contributed by atoms with van der Waals surface area (Å²) < 4.78 is 0. The molecule has 0 aliphatic heterocycles. The molecule has 2 aromatic heterocycles. The van der Waals surface area contributed by atoms with Crippen LogP contribution in [-0.2, 0) is 0 Å². The third-order valence-electron chi connectivity index (χ3n) is 1.50. The van der Waals surface area contributed by atoms with Crippen molar-refractivity contribution in [2.24, 2.45) is 0 Å². The number of nitrogens with zero attached hydrogens (tertiary/aromatic N) is 3. The van der Waals surface area contributed by atoms with Crippen molar-refractivity contribution < 1.29 is 0 Å². The Kier molecular flexibility index (Phi) is 2.66. The van der Waals surface area contributed by atoms with Crippen molar-refractivity contribution in [2.45, 2.75) is 0 Å². The molecular weight excluding hydrogens is 268 g/mol. The van der Waals surface area contributed by atoms with Gasteiger partial charge in [-0.05, 0) is 0 Å². The van der Waals surface area contributed by atoms with Crippen LogP contribution in [0.15, 0.2) is 6.07 Å². The van der Waals surface area contributed by atoms with Crippen molar-refractivity contribution in [1.82, 2.24) is 15.0 Å². The molecule has 7 heteroatoms. The second-order valence-corrected chi connectivity index (χ2v) is 3.87. The molecule has 14 heavy (non-hydrogen) atoms. The first kappa shape index (κ1) is 10.2. The van der Waals surface area contributed by atoms with Crippen LogP contribution in [0, 0.1) is 0 Å². The molecule has 0 radical (unpaired) electrons. The van der Waals surface area contributed by atoms with Crippen LogP contribution in [0.2, 0.25) is 20.6 Å². The van der Waals surface area contributed by atoms with Gasteiger partial charge in [0.25, 0.3) is 0 Å². The molecule has 0 aliphatic rings. The van der Waals surface area contributed by atoms with Gasteiger partial charge in [0.15, 0.2) is 15.5 Å². The fraction of sp³-hybridized carbons (Fsp3) is 0. The third-order valence-corrected chi connectivity index (χ3v) is 2.58. The average molecular weight is 269 g/mol. The van der Waals surface area contributed by atoms with E-state index >= 15 is 0 Å². The number of aromatic nitrogens is 3. The summed E-state index contributed by atoms with van der Waals surface area (Å²) in [7, 11) is 0. The Morgan fingerprint density at radius 3 is 2.14 bits per heavy atom. The van der Waals surface area contributed by atoms with E-state index in [9.17, 15) is 0 Å². The van der Waals surface area contributed by atoms with Crippen LogP contribution in [0.4, 0.5) is 0 Å². The van der Waals surface area contributed by atoms with Crippen molar-refractivity contribution in [3.8, 4) is 0 Å². The second kappa shape index (κ2) is 3.66. The van der Waals surface area contributed by atoms with Crippen LogP contribution < -0.4 is 0 Å². The molecule has 0 bridgehead atoms. The highest BCUT2D eigenvalue weighted by molar-refractivity contribution is 6.41. The zero-order chi connectivity index (χ0) is 10.3. The molecule has 2 aromatic rings. The molecule has 0 fully saturated rings. The van der Waals surface area contributed by atoms with E-state index in [0.717, 1.165) is 0 Å². The molecule has 0 atom stereocenters. The van der Waals surface area contributed by atoms with E-state index < -0.39 is 0 Å². The summed E-state index contributed by atoms with van der Waals surface area (Å²) in [5.74, 6) is 0. The van der Waals surface area contributed by atoms with Crippen molar-refractivity contribution in [1.29, 1.82) is 0 Å². The van der Waals surface area contributed by atoms with Gasteiger partial charge >= 0.3 is 0 Å². The maximum atomic E-state index is 5.79. The van der Waals surface area contributed by atoms with Gasteiger partial charge in [0.05, 0.1) is 5.52 Å². The van der Waals surface area contributed by atoms with Gasteiger partial charge < -0.3 is 0 Å². The first-order chi connectivity index (χ1) is 6.58. The van der Waals surface area contributed by atoms with E-state index in [-0.39, 0.29) is 20.6 Å². The predicted molar refractivity (Wildman–Crippen MR) is 57.4 cm³/mol. The summed E-state index contributed by atoms with van der Waals surface area (Å²) in [6.45, 7) is 0. The van der Waals surface area contributed by atoms with Gasteiger partial charge in [0, 0.05) is 6.07 Å². The number of fused-ring (bicyclic) bond motifs is 1. The van der Waals surface area contributed by atoms with Gasteiger partial charge in [0.2, 0.25) is 0 Å². The predicted octanol–water partition coefficient (Wildman–Crippen LogP) is 3.64. The SMILES string of the molecule is Clc1cc2nc(Cl)c(Cl)nc2c(Cl)n1. The number of hydrogen-bond donors (Lipinski definition) is 0. The monoisotopic (exact) mass is 267 g/mol. The van der Waals surface area contributed by atoms with Crippen LogP contribution in [-0.4, -0.2) is 15.0 Å². The highest BCUT2D eigenvalue weighted by Gasteiger charge is 2.09. The fourth-order valence-corrected chi connectivity index (χ4v) is 1.67. The summed E-state index contributed by atoms with van der Waals surface area (Å²) in [4.78, 5) is 11.7. The van der Waals surface area contributed by atoms with Crippen molar-refractivity contribution >= 4 is 57.4 Å². The van der Waals surface area contributed by atoms with E-state index in [4.69, 9.17) is 46.4 Å². The number of hydrogen-bond acceptors (Lipinski definition) is 3. The Balaban J connectivity index is 2.89. The standard InChI is InChI=1S/C7HCl4N3/c8-3-1-2-4(5(9)13-3)14-7(11)6(10)12-2/h1H. The summed E-state index contributed by atoms with van der Waals surface area (Å²) in [6, 6.07) is 1.51. The Morgan fingerprint density at radius 1 is 0.786 bits per heavy atom. The topological polar surface area (TPSA) is 38.7 Å². The lowest BCUT2D eigenvalue weighted by atomic mass is 10.4. The van der Waals surface area contributed by atoms with Crippen LogP contribution in [0.5, 0.6) is 0 Å². The average Bonchev–Trinajstić information content (AvgIpc) is 2.08. The molecule has 0 N–H and O–H groups in total. The molecule has 0 saturated carbocycles. The quantitative estimate of drug-likeness (QED) is 0.685. The summed E-state index contributed by atoms with van der Waals surface area (Å²) in [6.07, 6.45) is 0. The summed E-state index contributed by atoms with van der Waals surface area (Å²) in [5.41, 5.74) is 0.842. The lowest BCUT2D eigenvalue weighted by Gasteiger charge is -2.01. The minimum Gasteiger partial charge on any atom is -0.231 e. The lowest BCUT2D eigenvalue weighted by molar-refractivity contribution is 1.25. The molecule has 2 heterocycles. The number of halogens is 4. The summed E-state index contributed by atoms with van der Waals surface area (Å²) in [5, 5.41) is 0.580. The van der Waals surface area contributed by atoms with E-state index in [0.29, 0.717) is 11.0 Å². The van der Waals surface area contributed by atoms with Crippen LogP contribution in [0.1, 0.15) is 0 Å². The second-order valence-electron chi connectivity index (χ2n) is 2.41. The van der Waals surface area contributed by atoms with E-state index in [1.54, 1.807) is 0 Å². The maximum Gasteiger partial charge on any atom is 0.167 e. The molecule has 0 amide bonds. The largest absolute Gasteiger partial charge is 0.231 e. The Morgan fingerprint density at radius 2 is 1.43 bits per heavy atom. The fourth-order valence-electron chi connectivity index (χ4n) is 0.951. The Labute approximate surface area is 99.0 Å². The number of rotatable bonds is 0. The molecule has 2 rings (SSSR count). The highest BCUT2D eigenvalue weighted by Crippen LogP contribution is 2.26. The minimum atomic E-state index is 0.0881. The molecular formula is C7HCl4N3. The highest BCUT2D eigenvalue weighted by atomic mass is 35.5. The molecule has 3 nitrogen and oxygen atoms in total. The van der Waals surface area contributed by atoms with Crippen LogP contribution in [0.3, 0.4) is 0 Å². The van der Waals surface area contributed by atoms with E-state index in [1.165, 1.54) is 6.07 Å². The van der Waals surface area contributed by atoms with Crippen molar-refractivity contribution in [3.63, 3.8) is 0 Å². The minimum absolute atomic E-state index is 0.0881. The van der Waals surface area contributed by atoms with Crippen molar-refractivity contribution in [3.05, 3.63) is 26.7 Å². The molecule has 72 valence electrons. The van der Waals surface area contributed by atoms with Crippen molar-refractivity contribution in [2.75, 3.05) is 0 Å². The van der Waals surface area contributed by atoms with Gasteiger partial charge in [-0.1, -0.05) is 46.4 Å². The summed E-state index contributed by atoms with van der Waals surface area (Å²) >= 11 is 22.8. The smallest absolute Gasteiger partial charge is 0.167 e. The lowest BCUT2D eigenvalue weighted by Crippen LogP contribution is -1.90. The first-order valence-electron chi connectivity index (χ1n) is 3.42. The van der Waals surface area contributed by atoms with Crippen LogP contribution >= 0.6 is 46.4 Å². The van der Waals surface area contributed by atoms with Gasteiger partial charge in [-0.2, -0.15) is 0 Å². The Bertz CT molecular complexity index is 514. The molecule has 0 aliphatic carbocycles. The third kappa shape index (κ3) is 1.73. The zero-order valence-corrected chi connectivity index (χ0v) is 9.45. The molecule has 0 saturated heterocycles. The van der Waals surface area contributed by atoms with Gasteiger partial charge in [-0.15, -0.1) is 0 Å². The first-order valence-corrected chi connectivity index (χ1v) is 4.94. The number of pyridine rings is 1. The van der Waals surface area contributed by atoms with Gasteiger partial charge in [-0.25, -0.2) is 15.0 Å². The van der Waals surface area contributed by atoms with Gasteiger partial charge in [-0.3, -0.25) is 0 Å². The van der Waals surface area contributed by atoms with E-state index in [1.807, 2.05) is 0 Å². The zero-order valence-electron chi connectivity index (χ0n) is 6.43. The normalized spacial score (nSPS) is 10.9. The maximum absolute atomic E-state index is 5.79. The van der Waals surface area contributed by atoms with Gasteiger partial charge in [0.1, 0.15) is 10.7 Å².